The third-order valence-corrected chi connectivity index (χ3v) is 3.68. The number of guanidine groups is 1. The molecule has 7 nitrogen and oxygen atoms in total. The van der Waals surface area contributed by atoms with E-state index in [1.54, 1.807) is 0 Å². The molecule has 7 heteroatoms. The summed E-state index contributed by atoms with van der Waals surface area (Å²) in [5, 5.41) is 15.0. The normalized spacial score (nSPS) is 11.8. The van der Waals surface area contributed by atoms with Crippen molar-refractivity contribution in [3.05, 3.63) is 54.2 Å². The van der Waals surface area contributed by atoms with Gasteiger partial charge in [-0.05, 0) is 30.7 Å². The van der Waals surface area contributed by atoms with Crippen molar-refractivity contribution >= 4 is 11.6 Å². The first-order chi connectivity index (χ1) is 11.8. The lowest BCUT2D eigenvalue weighted by Gasteiger charge is -2.10. The fraction of sp³-hybridized carbons (Fsp3) is 0.353. The summed E-state index contributed by atoms with van der Waals surface area (Å²) in [4.78, 5) is 4.62. The van der Waals surface area contributed by atoms with Gasteiger partial charge in [0.15, 0.2) is 11.6 Å². The number of fused-ring (bicyclic) bond motifs is 1. The number of aliphatic imine (C=N–C) groups is 1. The molecular formula is C17H23N7. The van der Waals surface area contributed by atoms with Crippen molar-refractivity contribution in [1.29, 1.82) is 0 Å². The van der Waals surface area contributed by atoms with Gasteiger partial charge in [0.2, 0.25) is 0 Å². The van der Waals surface area contributed by atoms with Crippen LogP contribution in [-0.2, 0) is 20.0 Å². The molecule has 0 fully saturated rings. The molecule has 0 spiro atoms. The van der Waals surface area contributed by atoms with E-state index in [1.807, 2.05) is 46.6 Å². The zero-order valence-corrected chi connectivity index (χ0v) is 14.1. The predicted molar refractivity (Wildman–Crippen MR) is 94.9 cm³/mol. The fourth-order valence-electron chi connectivity index (χ4n) is 2.52. The molecule has 0 saturated heterocycles. The molecule has 0 bridgehead atoms. The summed E-state index contributed by atoms with van der Waals surface area (Å²) in [5.41, 5.74) is 2.07. The molecule has 3 aromatic rings. The number of nitrogens with zero attached hydrogens (tertiary/aromatic N) is 5. The summed E-state index contributed by atoms with van der Waals surface area (Å²) in [5.74, 6) is 1.76. The maximum Gasteiger partial charge on any atom is 0.191 e. The van der Waals surface area contributed by atoms with E-state index in [4.69, 9.17) is 0 Å². The minimum absolute atomic E-state index is 0.657. The lowest BCUT2D eigenvalue weighted by atomic mass is 10.3. The highest BCUT2D eigenvalue weighted by Crippen LogP contribution is 2.03. The lowest BCUT2D eigenvalue weighted by molar-refractivity contribution is 0.763. The number of pyridine rings is 1. The van der Waals surface area contributed by atoms with Crippen molar-refractivity contribution in [2.75, 3.05) is 13.1 Å². The summed E-state index contributed by atoms with van der Waals surface area (Å²) in [6, 6.07) is 7.98. The first-order valence-electron chi connectivity index (χ1n) is 8.18. The molecule has 3 aromatic heterocycles. The summed E-state index contributed by atoms with van der Waals surface area (Å²) < 4.78 is 4.04. The van der Waals surface area contributed by atoms with Gasteiger partial charge < -0.3 is 15.2 Å². The molecule has 0 unspecified atom stereocenters. The van der Waals surface area contributed by atoms with Crippen LogP contribution in [0.4, 0.5) is 0 Å². The second-order valence-electron chi connectivity index (χ2n) is 5.60. The van der Waals surface area contributed by atoms with E-state index in [-0.39, 0.29) is 0 Å². The van der Waals surface area contributed by atoms with Gasteiger partial charge >= 0.3 is 0 Å². The van der Waals surface area contributed by atoms with Crippen molar-refractivity contribution in [3.63, 3.8) is 0 Å². The number of nitrogens with one attached hydrogen (secondary N) is 2. The largest absolute Gasteiger partial charge is 0.357 e. The van der Waals surface area contributed by atoms with Gasteiger partial charge in [-0.1, -0.05) is 6.07 Å². The molecule has 24 heavy (non-hydrogen) atoms. The zero-order valence-electron chi connectivity index (χ0n) is 14.1. The van der Waals surface area contributed by atoms with Crippen LogP contribution in [0.3, 0.4) is 0 Å². The summed E-state index contributed by atoms with van der Waals surface area (Å²) in [6.45, 7) is 4.29. The van der Waals surface area contributed by atoms with Gasteiger partial charge in [0.05, 0.1) is 6.54 Å². The summed E-state index contributed by atoms with van der Waals surface area (Å²) >= 11 is 0. The first kappa shape index (κ1) is 16.0. The van der Waals surface area contributed by atoms with Gasteiger partial charge in [0, 0.05) is 45.1 Å². The van der Waals surface area contributed by atoms with E-state index < -0.39 is 0 Å². The minimum Gasteiger partial charge on any atom is -0.357 e. The average Bonchev–Trinajstić information content (AvgIpc) is 3.19. The standard InChI is InChI=1S/C17H23N7/c1-3-18-17(20-12-14-8-11-23(2)13-14)19-9-7-16-22-21-15-6-4-5-10-24(15)16/h4-6,8,10-11,13H,3,7,9,12H2,1-2H3,(H2,18,19,20). The Bertz CT molecular complexity index is 815. The van der Waals surface area contributed by atoms with Crippen LogP contribution < -0.4 is 10.6 Å². The Labute approximate surface area is 141 Å². The Morgan fingerprint density at radius 2 is 2.08 bits per heavy atom. The van der Waals surface area contributed by atoms with Crippen LogP contribution in [0, 0.1) is 0 Å². The van der Waals surface area contributed by atoms with Crippen LogP contribution in [0.5, 0.6) is 0 Å². The molecule has 0 amide bonds. The van der Waals surface area contributed by atoms with Gasteiger partial charge in [0.25, 0.3) is 0 Å². The number of aryl methyl sites for hydroxylation is 1. The molecule has 2 N–H and O–H groups in total. The molecule has 3 heterocycles. The Kier molecular flexibility index (Phi) is 5.10. The number of hydrogen-bond donors (Lipinski definition) is 2. The fourth-order valence-corrected chi connectivity index (χ4v) is 2.52. The topological polar surface area (TPSA) is 71.5 Å². The summed E-state index contributed by atoms with van der Waals surface area (Å²) in [7, 11) is 2.01. The van der Waals surface area contributed by atoms with Gasteiger partial charge in [-0.15, -0.1) is 10.2 Å². The van der Waals surface area contributed by atoms with E-state index in [0.29, 0.717) is 6.54 Å². The van der Waals surface area contributed by atoms with Gasteiger partial charge in [-0.3, -0.25) is 4.40 Å². The molecule has 0 aliphatic rings. The molecule has 0 aliphatic carbocycles. The van der Waals surface area contributed by atoms with Crippen molar-refractivity contribution in [1.82, 2.24) is 29.8 Å². The van der Waals surface area contributed by atoms with Gasteiger partial charge in [0.1, 0.15) is 5.82 Å². The predicted octanol–water partition coefficient (Wildman–Crippen LogP) is 1.37. The van der Waals surface area contributed by atoms with E-state index in [9.17, 15) is 0 Å². The Balaban J connectivity index is 1.57. The monoisotopic (exact) mass is 325 g/mol. The third-order valence-electron chi connectivity index (χ3n) is 3.68. The Morgan fingerprint density at radius 3 is 2.88 bits per heavy atom. The van der Waals surface area contributed by atoms with Crippen LogP contribution in [0.15, 0.2) is 47.8 Å². The molecule has 0 aliphatic heterocycles. The van der Waals surface area contributed by atoms with Crippen LogP contribution in [0.2, 0.25) is 0 Å². The van der Waals surface area contributed by atoms with Crippen molar-refractivity contribution in [2.45, 2.75) is 19.9 Å². The molecular weight excluding hydrogens is 302 g/mol. The average molecular weight is 325 g/mol. The van der Waals surface area contributed by atoms with E-state index in [0.717, 1.165) is 36.9 Å². The van der Waals surface area contributed by atoms with Crippen LogP contribution >= 0.6 is 0 Å². The van der Waals surface area contributed by atoms with E-state index in [2.05, 4.69) is 45.0 Å². The van der Waals surface area contributed by atoms with Crippen molar-refractivity contribution in [3.8, 4) is 0 Å². The molecule has 126 valence electrons. The van der Waals surface area contributed by atoms with Crippen LogP contribution in [0.1, 0.15) is 18.3 Å². The highest BCUT2D eigenvalue weighted by Gasteiger charge is 2.05. The highest BCUT2D eigenvalue weighted by molar-refractivity contribution is 5.79. The Morgan fingerprint density at radius 1 is 1.17 bits per heavy atom. The number of rotatable bonds is 6. The van der Waals surface area contributed by atoms with Gasteiger partial charge in [-0.25, -0.2) is 4.99 Å². The highest BCUT2D eigenvalue weighted by atomic mass is 15.2. The van der Waals surface area contributed by atoms with Crippen molar-refractivity contribution < 1.29 is 0 Å². The SMILES string of the molecule is CCNC(=NCc1ccn(C)c1)NCCc1nnc2ccccn12. The third kappa shape index (κ3) is 3.92. The van der Waals surface area contributed by atoms with E-state index in [1.165, 1.54) is 5.56 Å². The number of aromatic nitrogens is 4. The van der Waals surface area contributed by atoms with Gasteiger partial charge in [-0.2, -0.15) is 0 Å². The molecule has 0 radical (unpaired) electrons. The zero-order chi connectivity index (χ0) is 16.8. The molecule has 3 rings (SSSR count). The maximum absolute atomic E-state index is 4.62. The maximum atomic E-state index is 4.62. The summed E-state index contributed by atoms with van der Waals surface area (Å²) in [6.07, 6.45) is 6.87. The number of hydrogen-bond acceptors (Lipinski definition) is 3. The Hall–Kier alpha value is -2.83. The first-order valence-corrected chi connectivity index (χ1v) is 8.18. The van der Waals surface area contributed by atoms with Crippen LogP contribution in [0.25, 0.3) is 5.65 Å². The quantitative estimate of drug-likeness (QED) is 0.530. The van der Waals surface area contributed by atoms with Crippen molar-refractivity contribution in [2.24, 2.45) is 12.0 Å². The van der Waals surface area contributed by atoms with Crippen LogP contribution in [-0.4, -0.2) is 38.2 Å². The van der Waals surface area contributed by atoms with E-state index >= 15 is 0 Å². The smallest absolute Gasteiger partial charge is 0.191 e. The molecule has 0 aromatic carbocycles. The minimum atomic E-state index is 0.657. The molecule has 0 saturated carbocycles. The lowest BCUT2D eigenvalue weighted by Crippen LogP contribution is -2.38. The second-order valence-corrected chi connectivity index (χ2v) is 5.60. The molecule has 0 atom stereocenters. The second kappa shape index (κ2) is 7.63.